The SMILES string of the molecule is COC(=S)c1ccccc1-c1cccc(Cl)c1C=O. The van der Waals surface area contributed by atoms with E-state index in [1.54, 1.807) is 12.1 Å². The fourth-order valence-corrected chi connectivity index (χ4v) is 2.29. The number of halogens is 1. The Labute approximate surface area is 122 Å². The number of ether oxygens (including phenoxy) is 1. The molecule has 0 radical (unpaired) electrons. The van der Waals surface area contributed by atoms with Crippen LogP contribution in [0.3, 0.4) is 0 Å². The van der Waals surface area contributed by atoms with Crippen LogP contribution in [0.4, 0.5) is 0 Å². The molecule has 19 heavy (non-hydrogen) atoms. The second kappa shape index (κ2) is 5.95. The lowest BCUT2D eigenvalue weighted by molar-refractivity contribution is 0.112. The van der Waals surface area contributed by atoms with Crippen molar-refractivity contribution in [1.82, 2.24) is 0 Å². The molecular weight excluding hydrogens is 280 g/mol. The summed E-state index contributed by atoms with van der Waals surface area (Å²) in [6.45, 7) is 0. The van der Waals surface area contributed by atoms with E-state index in [0.29, 0.717) is 15.6 Å². The minimum Gasteiger partial charge on any atom is -0.486 e. The molecule has 0 saturated carbocycles. The number of carbonyl (C=O) groups is 1. The third kappa shape index (κ3) is 2.67. The molecule has 2 aromatic rings. The lowest BCUT2D eigenvalue weighted by Crippen LogP contribution is -2.03. The summed E-state index contributed by atoms with van der Waals surface area (Å²) in [5.41, 5.74) is 2.80. The molecule has 2 aromatic carbocycles. The summed E-state index contributed by atoms with van der Waals surface area (Å²) < 4.78 is 5.11. The zero-order valence-corrected chi connectivity index (χ0v) is 11.8. The Bertz CT molecular complexity index is 638. The number of benzene rings is 2. The van der Waals surface area contributed by atoms with E-state index in [-0.39, 0.29) is 0 Å². The Morgan fingerprint density at radius 2 is 1.84 bits per heavy atom. The molecular formula is C15H11ClO2S. The first kappa shape index (κ1) is 13.7. The van der Waals surface area contributed by atoms with Gasteiger partial charge in [0.2, 0.25) is 0 Å². The second-order valence-corrected chi connectivity index (χ2v) is 4.63. The minimum atomic E-state index is 0.382. The predicted octanol–water partition coefficient (Wildman–Crippen LogP) is 4.14. The Kier molecular flexibility index (Phi) is 4.30. The van der Waals surface area contributed by atoms with Crippen LogP contribution in [0.1, 0.15) is 15.9 Å². The van der Waals surface area contributed by atoms with Crippen molar-refractivity contribution in [3.8, 4) is 11.1 Å². The first-order valence-corrected chi connectivity index (χ1v) is 6.39. The highest BCUT2D eigenvalue weighted by atomic mass is 35.5. The van der Waals surface area contributed by atoms with E-state index in [0.717, 1.165) is 23.0 Å². The van der Waals surface area contributed by atoms with Gasteiger partial charge in [0.05, 0.1) is 12.1 Å². The molecule has 0 amide bonds. The van der Waals surface area contributed by atoms with Crippen molar-refractivity contribution in [2.75, 3.05) is 7.11 Å². The van der Waals surface area contributed by atoms with E-state index in [1.165, 1.54) is 7.11 Å². The summed E-state index contributed by atoms with van der Waals surface area (Å²) in [5.74, 6) is 0. The summed E-state index contributed by atoms with van der Waals surface area (Å²) >= 11 is 11.2. The van der Waals surface area contributed by atoms with Crippen molar-refractivity contribution in [2.24, 2.45) is 0 Å². The summed E-state index contributed by atoms with van der Waals surface area (Å²) in [5, 5.41) is 0.804. The summed E-state index contributed by atoms with van der Waals surface area (Å²) in [4.78, 5) is 11.2. The molecule has 0 aliphatic rings. The van der Waals surface area contributed by atoms with Gasteiger partial charge >= 0.3 is 0 Å². The Morgan fingerprint density at radius 1 is 1.16 bits per heavy atom. The highest BCUT2D eigenvalue weighted by Gasteiger charge is 2.14. The number of hydrogen-bond acceptors (Lipinski definition) is 3. The van der Waals surface area contributed by atoms with Gasteiger partial charge in [0, 0.05) is 11.1 Å². The number of carbonyl (C=O) groups excluding carboxylic acids is 1. The minimum absolute atomic E-state index is 0.382. The monoisotopic (exact) mass is 290 g/mol. The standard InChI is InChI=1S/C15H11ClO2S/c1-18-15(19)12-6-3-2-5-10(12)11-7-4-8-14(16)13(11)9-17/h2-9H,1H3. The molecule has 0 aliphatic heterocycles. The van der Waals surface area contributed by atoms with E-state index >= 15 is 0 Å². The maximum Gasteiger partial charge on any atom is 0.191 e. The van der Waals surface area contributed by atoms with Gasteiger partial charge in [0.1, 0.15) is 0 Å². The van der Waals surface area contributed by atoms with E-state index in [4.69, 9.17) is 28.6 Å². The quantitative estimate of drug-likeness (QED) is 0.628. The van der Waals surface area contributed by atoms with Crippen molar-refractivity contribution in [3.05, 3.63) is 58.6 Å². The van der Waals surface area contributed by atoms with Gasteiger partial charge in [-0.3, -0.25) is 4.79 Å². The third-order valence-corrected chi connectivity index (χ3v) is 3.51. The van der Waals surface area contributed by atoms with Crippen molar-refractivity contribution in [1.29, 1.82) is 0 Å². The summed E-state index contributed by atoms with van der Waals surface area (Å²) in [6.07, 6.45) is 0.754. The second-order valence-electron chi connectivity index (χ2n) is 3.86. The Balaban J connectivity index is 2.69. The van der Waals surface area contributed by atoms with E-state index in [2.05, 4.69) is 0 Å². The average molecular weight is 291 g/mol. The van der Waals surface area contributed by atoms with Gasteiger partial charge in [-0.1, -0.05) is 41.9 Å². The van der Waals surface area contributed by atoms with Crippen LogP contribution in [0.5, 0.6) is 0 Å². The predicted molar refractivity (Wildman–Crippen MR) is 81.0 cm³/mol. The fourth-order valence-electron chi connectivity index (χ4n) is 1.90. The van der Waals surface area contributed by atoms with E-state index < -0.39 is 0 Å². The van der Waals surface area contributed by atoms with E-state index in [9.17, 15) is 4.79 Å². The van der Waals surface area contributed by atoms with Gasteiger partial charge in [-0.2, -0.15) is 0 Å². The van der Waals surface area contributed by atoms with Gasteiger partial charge in [-0.15, -0.1) is 0 Å². The van der Waals surface area contributed by atoms with Gasteiger partial charge < -0.3 is 4.74 Å². The largest absolute Gasteiger partial charge is 0.486 e. The van der Waals surface area contributed by atoms with Crippen LogP contribution in [-0.2, 0) is 4.74 Å². The van der Waals surface area contributed by atoms with Crippen LogP contribution in [0, 0.1) is 0 Å². The van der Waals surface area contributed by atoms with Gasteiger partial charge in [-0.25, -0.2) is 0 Å². The van der Waals surface area contributed by atoms with Crippen LogP contribution >= 0.6 is 23.8 Å². The molecule has 0 aromatic heterocycles. The van der Waals surface area contributed by atoms with Crippen molar-refractivity contribution in [2.45, 2.75) is 0 Å². The van der Waals surface area contributed by atoms with Crippen LogP contribution in [0.15, 0.2) is 42.5 Å². The Morgan fingerprint density at radius 3 is 2.53 bits per heavy atom. The number of methoxy groups -OCH3 is 1. The molecule has 0 unspecified atom stereocenters. The van der Waals surface area contributed by atoms with Crippen LogP contribution in [-0.4, -0.2) is 18.4 Å². The molecule has 0 aliphatic carbocycles. The molecule has 0 spiro atoms. The smallest absolute Gasteiger partial charge is 0.191 e. The summed E-state index contributed by atoms with van der Waals surface area (Å²) in [7, 11) is 1.53. The van der Waals surface area contributed by atoms with Crippen molar-refractivity contribution < 1.29 is 9.53 Å². The van der Waals surface area contributed by atoms with Crippen LogP contribution < -0.4 is 0 Å². The maximum atomic E-state index is 11.2. The number of thiocarbonyl (C=S) groups is 1. The zero-order chi connectivity index (χ0) is 13.8. The maximum absolute atomic E-state index is 11.2. The third-order valence-electron chi connectivity index (χ3n) is 2.79. The summed E-state index contributed by atoms with van der Waals surface area (Å²) in [6, 6.07) is 12.8. The number of aldehydes is 1. The molecule has 96 valence electrons. The first-order chi connectivity index (χ1) is 9.19. The topological polar surface area (TPSA) is 26.3 Å². The van der Waals surface area contributed by atoms with E-state index in [1.807, 2.05) is 30.3 Å². The molecule has 0 heterocycles. The number of hydrogen-bond donors (Lipinski definition) is 0. The van der Waals surface area contributed by atoms with Gasteiger partial charge in [0.15, 0.2) is 11.3 Å². The van der Waals surface area contributed by atoms with Crippen LogP contribution in [0.25, 0.3) is 11.1 Å². The van der Waals surface area contributed by atoms with Crippen molar-refractivity contribution >= 4 is 35.2 Å². The highest BCUT2D eigenvalue weighted by molar-refractivity contribution is 7.80. The molecule has 2 nitrogen and oxygen atoms in total. The fraction of sp³-hybridized carbons (Fsp3) is 0.0667. The molecule has 0 saturated heterocycles. The van der Waals surface area contributed by atoms with Crippen LogP contribution in [0.2, 0.25) is 5.02 Å². The van der Waals surface area contributed by atoms with Crippen molar-refractivity contribution in [3.63, 3.8) is 0 Å². The molecule has 0 bridgehead atoms. The zero-order valence-electron chi connectivity index (χ0n) is 10.2. The lowest BCUT2D eigenvalue weighted by atomic mass is 9.96. The Hall–Kier alpha value is -1.71. The number of rotatable bonds is 3. The lowest BCUT2D eigenvalue weighted by Gasteiger charge is -2.12. The first-order valence-electron chi connectivity index (χ1n) is 5.60. The molecule has 4 heteroatoms. The van der Waals surface area contributed by atoms with Gasteiger partial charge in [0.25, 0.3) is 0 Å². The van der Waals surface area contributed by atoms with Gasteiger partial charge in [-0.05, 0) is 35.5 Å². The molecule has 0 atom stereocenters. The highest BCUT2D eigenvalue weighted by Crippen LogP contribution is 2.30. The molecule has 2 rings (SSSR count). The normalized spacial score (nSPS) is 10.0. The molecule has 0 N–H and O–H groups in total. The average Bonchev–Trinajstić information content (AvgIpc) is 2.46. The molecule has 0 fully saturated rings.